The molecule has 0 N–H and O–H groups in total. The average molecular weight is 206 g/mol. The first-order valence-electron chi connectivity index (χ1n) is 4.13. The van der Waals surface area contributed by atoms with E-state index in [0.717, 1.165) is 11.2 Å². The second-order valence-electron chi connectivity index (χ2n) is 2.95. The van der Waals surface area contributed by atoms with Gasteiger partial charge in [-0.3, -0.25) is 4.40 Å². The fourth-order valence-electron chi connectivity index (χ4n) is 1.56. The Morgan fingerprint density at radius 2 is 1.86 bits per heavy atom. The molecule has 70 valence electrons. The zero-order valence-electron chi connectivity index (χ0n) is 7.29. The molecule has 3 aromatic rings. The number of fused-ring (bicyclic) bond motifs is 3. The number of para-hydroxylation sites is 1. The van der Waals surface area contributed by atoms with Crippen LogP contribution >= 0.6 is 12.4 Å². The summed E-state index contributed by atoms with van der Waals surface area (Å²) in [4.78, 5) is 0. The van der Waals surface area contributed by atoms with E-state index in [1.165, 1.54) is 5.39 Å². The highest BCUT2D eigenvalue weighted by Crippen LogP contribution is 2.14. The fourth-order valence-corrected chi connectivity index (χ4v) is 1.56. The third-order valence-electron chi connectivity index (χ3n) is 2.18. The lowest BCUT2D eigenvalue weighted by molar-refractivity contribution is 1.11. The van der Waals surface area contributed by atoms with Crippen LogP contribution in [0.5, 0.6) is 0 Å². The van der Waals surface area contributed by atoms with E-state index in [1.807, 2.05) is 22.6 Å². The first kappa shape index (κ1) is 8.97. The molecule has 4 heteroatoms. The Morgan fingerprint density at radius 1 is 1.00 bits per heavy atom. The Balaban J connectivity index is 0.000000750. The summed E-state index contributed by atoms with van der Waals surface area (Å²) in [5.74, 6) is 0. The van der Waals surface area contributed by atoms with Crippen molar-refractivity contribution < 1.29 is 0 Å². The highest BCUT2D eigenvalue weighted by atomic mass is 35.5. The molecule has 0 aliphatic rings. The van der Waals surface area contributed by atoms with Crippen molar-refractivity contribution in [2.45, 2.75) is 0 Å². The Hall–Kier alpha value is -1.61. The number of halogens is 1. The summed E-state index contributed by atoms with van der Waals surface area (Å²) in [6.45, 7) is 0. The normalized spacial score (nSPS) is 10.3. The predicted octanol–water partition coefficient (Wildman–Crippen LogP) is 2.30. The van der Waals surface area contributed by atoms with Crippen molar-refractivity contribution in [3.63, 3.8) is 0 Å². The zero-order chi connectivity index (χ0) is 8.67. The molecule has 14 heavy (non-hydrogen) atoms. The van der Waals surface area contributed by atoms with E-state index in [-0.39, 0.29) is 12.4 Å². The third-order valence-corrected chi connectivity index (χ3v) is 2.18. The Kier molecular flexibility index (Phi) is 2.09. The van der Waals surface area contributed by atoms with Gasteiger partial charge in [0.25, 0.3) is 0 Å². The molecule has 3 nitrogen and oxygen atoms in total. The molecule has 2 aromatic heterocycles. The van der Waals surface area contributed by atoms with Gasteiger partial charge in [-0.05, 0) is 23.6 Å². The van der Waals surface area contributed by atoms with Gasteiger partial charge < -0.3 is 0 Å². The van der Waals surface area contributed by atoms with Gasteiger partial charge in [0, 0.05) is 0 Å². The predicted molar refractivity (Wildman–Crippen MR) is 57.7 cm³/mol. The molecule has 0 saturated carbocycles. The minimum Gasteiger partial charge on any atom is -0.282 e. The maximum absolute atomic E-state index is 3.98. The number of rotatable bonds is 0. The van der Waals surface area contributed by atoms with Crippen molar-refractivity contribution in [3.05, 3.63) is 42.7 Å². The molecule has 0 amide bonds. The van der Waals surface area contributed by atoms with Crippen molar-refractivity contribution in [1.82, 2.24) is 14.6 Å². The SMILES string of the molecule is Cl.c1ccc2c(c1)ccc1nncn12. The van der Waals surface area contributed by atoms with E-state index < -0.39 is 0 Å². The maximum Gasteiger partial charge on any atom is 0.161 e. The van der Waals surface area contributed by atoms with E-state index in [4.69, 9.17) is 0 Å². The first-order valence-corrected chi connectivity index (χ1v) is 4.13. The van der Waals surface area contributed by atoms with Crippen molar-refractivity contribution in [2.75, 3.05) is 0 Å². The summed E-state index contributed by atoms with van der Waals surface area (Å²) in [5, 5.41) is 9.05. The smallest absolute Gasteiger partial charge is 0.161 e. The molecular formula is C10H8ClN3. The Bertz CT molecular complexity index is 573. The topological polar surface area (TPSA) is 30.2 Å². The highest BCUT2D eigenvalue weighted by Gasteiger charge is 1.98. The molecule has 3 rings (SSSR count). The van der Waals surface area contributed by atoms with Gasteiger partial charge >= 0.3 is 0 Å². The number of pyridine rings is 1. The second-order valence-corrected chi connectivity index (χ2v) is 2.95. The lowest BCUT2D eigenvalue weighted by Gasteiger charge is -1.98. The lowest BCUT2D eigenvalue weighted by Crippen LogP contribution is -1.85. The van der Waals surface area contributed by atoms with Crippen LogP contribution in [0.25, 0.3) is 16.6 Å². The molecule has 2 heterocycles. The number of benzene rings is 1. The largest absolute Gasteiger partial charge is 0.282 e. The Morgan fingerprint density at radius 3 is 2.79 bits per heavy atom. The third kappa shape index (κ3) is 1.14. The van der Waals surface area contributed by atoms with Gasteiger partial charge in [-0.1, -0.05) is 18.2 Å². The number of hydrogen-bond donors (Lipinski definition) is 0. The molecule has 0 spiro atoms. The summed E-state index contributed by atoms with van der Waals surface area (Å²) in [6, 6.07) is 12.2. The average Bonchev–Trinajstić information content (AvgIpc) is 2.65. The van der Waals surface area contributed by atoms with E-state index in [2.05, 4.69) is 28.4 Å². The molecule has 0 bridgehead atoms. The number of nitrogens with zero attached hydrogens (tertiary/aromatic N) is 3. The minimum absolute atomic E-state index is 0. The van der Waals surface area contributed by atoms with Crippen molar-refractivity contribution >= 4 is 29.0 Å². The first-order chi connectivity index (χ1) is 6.45. The fraction of sp³-hybridized carbons (Fsp3) is 0. The Labute approximate surface area is 86.8 Å². The monoisotopic (exact) mass is 205 g/mol. The van der Waals surface area contributed by atoms with Crippen LogP contribution in [0.4, 0.5) is 0 Å². The summed E-state index contributed by atoms with van der Waals surface area (Å²) >= 11 is 0. The molecule has 0 atom stereocenters. The second kappa shape index (κ2) is 3.27. The van der Waals surface area contributed by atoms with Gasteiger partial charge in [-0.2, -0.15) is 0 Å². The van der Waals surface area contributed by atoms with Crippen LogP contribution in [0.1, 0.15) is 0 Å². The molecule has 0 aliphatic heterocycles. The van der Waals surface area contributed by atoms with Crippen molar-refractivity contribution in [1.29, 1.82) is 0 Å². The molecule has 0 saturated heterocycles. The van der Waals surface area contributed by atoms with Gasteiger partial charge in [0.1, 0.15) is 6.33 Å². The van der Waals surface area contributed by atoms with Crippen molar-refractivity contribution in [3.8, 4) is 0 Å². The van der Waals surface area contributed by atoms with E-state index in [9.17, 15) is 0 Å². The molecule has 0 aliphatic carbocycles. The van der Waals surface area contributed by atoms with Gasteiger partial charge in [-0.15, -0.1) is 22.6 Å². The standard InChI is InChI=1S/C10H7N3.ClH/c1-2-4-9-8(3-1)5-6-10-12-11-7-13(9)10;/h1-7H;1H. The molecule has 0 unspecified atom stereocenters. The van der Waals surface area contributed by atoms with Crippen LogP contribution < -0.4 is 0 Å². The molecule has 1 aromatic carbocycles. The number of hydrogen-bond acceptors (Lipinski definition) is 2. The summed E-state index contributed by atoms with van der Waals surface area (Å²) < 4.78 is 1.98. The van der Waals surface area contributed by atoms with Crippen LogP contribution in [0, 0.1) is 0 Å². The highest BCUT2D eigenvalue weighted by molar-refractivity contribution is 5.85. The van der Waals surface area contributed by atoms with Crippen LogP contribution in [-0.2, 0) is 0 Å². The van der Waals surface area contributed by atoms with Crippen LogP contribution in [0.15, 0.2) is 42.7 Å². The van der Waals surface area contributed by atoms with Crippen LogP contribution in [0.2, 0.25) is 0 Å². The zero-order valence-corrected chi connectivity index (χ0v) is 8.11. The van der Waals surface area contributed by atoms with E-state index in [1.54, 1.807) is 6.33 Å². The molecular weight excluding hydrogens is 198 g/mol. The molecule has 0 radical (unpaired) electrons. The van der Waals surface area contributed by atoms with E-state index >= 15 is 0 Å². The molecule has 0 fully saturated rings. The lowest BCUT2D eigenvalue weighted by atomic mass is 10.2. The van der Waals surface area contributed by atoms with Crippen LogP contribution in [0.3, 0.4) is 0 Å². The number of aromatic nitrogens is 3. The van der Waals surface area contributed by atoms with Crippen LogP contribution in [-0.4, -0.2) is 14.6 Å². The van der Waals surface area contributed by atoms with Gasteiger partial charge in [0.05, 0.1) is 5.52 Å². The van der Waals surface area contributed by atoms with Crippen molar-refractivity contribution in [2.24, 2.45) is 0 Å². The van der Waals surface area contributed by atoms with Gasteiger partial charge in [0.15, 0.2) is 5.65 Å². The summed E-state index contributed by atoms with van der Waals surface area (Å²) in [7, 11) is 0. The summed E-state index contributed by atoms with van der Waals surface area (Å²) in [5.41, 5.74) is 2.03. The maximum atomic E-state index is 3.98. The van der Waals surface area contributed by atoms with Gasteiger partial charge in [-0.25, -0.2) is 0 Å². The van der Waals surface area contributed by atoms with E-state index in [0.29, 0.717) is 0 Å². The quantitative estimate of drug-likeness (QED) is 0.564. The summed E-state index contributed by atoms with van der Waals surface area (Å²) in [6.07, 6.45) is 1.73. The van der Waals surface area contributed by atoms with Gasteiger partial charge in [0.2, 0.25) is 0 Å². The minimum atomic E-state index is 0.